The van der Waals surface area contributed by atoms with E-state index in [4.69, 9.17) is 4.42 Å². The average molecular weight is 417 g/mol. The van der Waals surface area contributed by atoms with Gasteiger partial charge in [0.15, 0.2) is 0 Å². The molecule has 2 N–H and O–H groups in total. The van der Waals surface area contributed by atoms with Gasteiger partial charge in [0.25, 0.3) is 6.01 Å². The fourth-order valence-electron chi connectivity index (χ4n) is 4.67. The Morgan fingerprint density at radius 1 is 1.00 bits per heavy atom. The van der Waals surface area contributed by atoms with Crippen molar-refractivity contribution in [2.24, 2.45) is 0 Å². The number of hydrogen-bond acceptors (Lipinski definition) is 6. The molecular formula is C20H24N4O4S. The number of nitrogens with zero attached hydrogens (tertiary/aromatic N) is 2. The highest BCUT2D eigenvalue weighted by molar-refractivity contribution is 7.87. The molecule has 8 nitrogen and oxygen atoms in total. The molecule has 154 valence electrons. The fourth-order valence-corrected chi connectivity index (χ4v) is 5.87. The van der Waals surface area contributed by atoms with Gasteiger partial charge in [0.1, 0.15) is 0 Å². The number of anilines is 2. The van der Waals surface area contributed by atoms with E-state index in [-0.39, 0.29) is 11.8 Å². The first-order valence-electron chi connectivity index (χ1n) is 10.2. The molecule has 1 fully saturated rings. The quantitative estimate of drug-likeness (QED) is 0.776. The van der Waals surface area contributed by atoms with Crippen molar-refractivity contribution in [3.8, 4) is 0 Å². The Morgan fingerprint density at radius 3 is 2.31 bits per heavy atom. The lowest BCUT2D eigenvalue weighted by Gasteiger charge is -2.15. The fraction of sp³-hybridized carbons (Fsp3) is 0.500. The zero-order valence-corrected chi connectivity index (χ0v) is 17.0. The maximum Gasteiger partial charge on any atom is 0.304 e. The first kappa shape index (κ1) is 18.6. The lowest BCUT2D eigenvalue weighted by Crippen LogP contribution is -2.41. The van der Waals surface area contributed by atoms with Gasteiger partial charge in [0.05, 0.1) is 6.20 Å². The highest BCUT2D eigenvalue weighted by Gasteiger charge is 2.29. The Hall–Kier alpha value is -2.39. The highest BCUT2D eigenvalue weighted by atomic mass is 32.2. The molecule has 0 bridgehead atoms. The third-order valence-electron chi connectivity index (χ3n) is 6.06. The lowest BCUT2D eigenvalue weighted by molar-refractivity contribution is 0.0953. The number of carbonyl (C=O) groups is 1. The molecule has 1 aromatic heterocycles. The summed E-state index contributed by atoms with van der Waals surface area (Å²) in [4.78, 5) is 16.5. The van der Waals surface area contributed by atoms with Crippen LogP contribution < -0.4 is 10.0 Å². The predicted octanol–water partition coefficient (Wildman–Crippen LogP) is 2.47. The van der Waals surface area contributed by atoms with Gasteiger partial charge in [-0.05, 0) is 73.6 Å². The Balaban J connectivity index is 1.36. The molecule has 9 heteroatoms. The molecule has 1 aromatic carbocycles. The molecule has 5 rings (SSSR count). The minimum Gasteiger partial charge on any atom is -0.418 e. The van der Waals surface area contributed by atoms with Gasteiger partial charge in [0.2, 0.25) is 5.76 Å². The monoisotopic (exact) mass is 416 g/mol. The van der Waals surface area contributed by atoms with E-state index in [0.29, 0.717) is 13.1 Å². The molecule has 2 heterocycles. The third-order valence-corrected chi connectivity index (χ3v) is 7.55. The van der Waals surface area contributed by atoms with E-state index in [0.717, 1.165) is 57.1 Å². The molecule has 0 unspecified atom stereocenters. The van der Waals surface area contributed by atoms with Gasteiger partial charge in [-0.25, -0.2) is 9.71 Å². The van der Waals surface area contributed by atoms with Crippen molar-refractivity contribution < 1.29 is 17.6 Å². The Labute approximate surface area is 169 Å². The summed E-state index contributed by atoms with van der Waals surface area (Å²) in [6.07, 6.45) is 9.37. The highest BCUT2D eigenvalue weighted by Crippen LogP contribution is 2.39. The summed E-state index contributed by atoms with van der Waals surface area (Å²) in [5.74, 6) is -0.930. The maximum atomic E-state index is 12.4. The number of rotatable bonds is 5. The second-order valence-electron chi connectivity index (χ2n) is 7.93. The van der Waals surface area contributed by atoms with Crippen LogP contribution in [0.1, 0.15) is 58.5 Å². The zero-order valence-electron chi connectivity index (χ0n) is 16.2. The van der Waals surface area contributed by atoms with Crippen LogP contribution in [0.5, 0.6) is 0 Å². The number of aryl methyl sites for hydroxylation is 2. The van der Waals surface area contributed by atoms with Gasteiger partial charge in [-0.2, -0.15) is 12.7 Å². The van der Waals surface area contributed by atoms with Crippen LogP contribution in [-0.2, 0) is 35.9 Å². The molecule has 2 aliphatic carbocycles. The lowest BCUT2D eigenvalue weighted by atomic mass is 9.99. The summed E-state index contributed by atoms with van der Waals surface area (Å²) in [7, 11) is -3.85. The predicted molar refractivity (Wildman–Crippen MR) is 107 cm³/mol. The van der Waals surface area contributed by atoms with Crippen LogP contribution in [0.4, 0.5) is 11.7 Å². The molecule has 0 spiro atoms. The van der Waals surface area contributed by atoms with E-state index in [1.165, 1.54) is 32.8 Å². The first-order valence-corrected chi connectivity index (χ1v) is 11.7. The third kappa shape index (κ3) is 3.42. The Kier molecular flexibility index (Phi) is 4.59. The summed E-state index contributed by atoms with van der Waals surface area (Å²) in [5, 5.41) is 3.28. The molecule has 1 saturated heterocycles. The van der Waals surface area contributed by atoms with Gasteiger partial charge >= 0.3 is 16.1 Å². The summed E-state index contributed by atoms with van der Waals surface area (Å²) >= 11 is 0. The van der Waals surface area contributed by atoms with Crippen molar-refractivity contribution in [3.63, 3.8) is 0 Å². The summed E-state index contributed by atoms with van der Waals surface area (Å²) in [5.41, 5.74) is 6.45. The molecular weight excluding hydrogens is 392 g/mol. The number of aromatic nitrogens is 1. The van der Waals surface area contributed by atoms with Crippen molar-refractivity contribution >= 4 is 27.8 Å². The van der Waals surface area contributed by atoms with Crippen LogP contribution in [0.3, 0.4) is 0 Å². The smallest absolute Gasteiger partial charge is 0.304 e. The van der Waals surface area contributed by atoms with E-state index in [9.17, 15) is 13.2 Å². The van der Waals surface area contributed by atoms with Crippen molar-refractivity contribution in [1.29, 1.82) is 0 Å². The minimum atomic E-state index is -3.85. The number of fused-ring (bicyclic) bond motifs is 2. The molecule has 1 aliphatic heterocycles. The number of carbonyl (C=O) groups excluding carboxylic acids is 1. The normalized spacial score (nSPS) is 18.6. The number of hydrogen-bond donors (Lipinski definition) is 2. The standard InChI is InChI=1S/C20H24N4O4S/c25-19(23-29(26,27)24-9-1-2-10-24)17-12-21-20(28-17)22-18-15-7-3-5-13(15)11-14-6-4-8-16(14)18/h11-12H,1-10H2,(H,21,22)(H,23,25). The summed E-state index contributed by atoms with van der Waals surface area (Å²) in [6, 6.07) is 2.55. The molecule has 29 heavy (non-hydrogen) atoms. The van der Waals surface area contributed by atoms with Crippen molar-refractivity contribution in [1.82, 2.24) is 14.0 Å². The number of benzene rings is 1. The maximum absolute atomic E-state index is 12.4. The largest absolute Gasteiger partial charge is 0.418 e. The van der Waals surface area contributed by atoms with Crippen LogP contribution in [0, 0.1) is 0 Å². The molecule has 0 saturated carbocycles. The van der Waals surface area contributed by atoms with Gasteiger partial charge < -0.3 is 9.73 Å². The van der Waals surface area contributed by atoms with Crippen molar-refractivity contribution in [2.45, 2.75) is 51.4 Å². The zero-order chi connectivity index (χ0) is 20.0. The van der Waals surface area contributed by atoms with Crippen LogP contribution >= 0.6 is 0 Å². The van der Waals surface area contributed by atoms with Crippen molar-refractivity contribution in [2.75, 3.05) is 18.4 Å². The first-order chi connectivity index (χ1) is 14.0. The van der Waals surface area contributed by atoms with Crippen LogP contribution in [-0.4, -0.2) is 36.7 Å². The summed E-state index contributed by atoms with van der Waals surface area (Å²) < 4.78 is 33.5. The van der Waals surface area contributed by atoms with E-state index in [1.54, 1.807) is 0 Å². The van der Waals surface area contributed by atoms with Gasteiger partial charge in [0, 0.05) is 18.8 Å². The van der Waals surface area contributed by atoms with Crippen LogP contribution in [0.25, 0.3) is 0 Å². The van der Waals surface area contributed by atoms with Crippen molar-refractivity contribution in [3.05, 3.63) is 40.3 Å². The molecule has 3 aliphatic rings. The minimum absolute atomic E-state index is 0.125. The van der Waals surface area contributed by atoms with Gasteiger partial charge in [-0.1, -0.05) is 6.07 Å². The second-order valence-corrected chi connectivity index (χ2v) is 9.60. The van der Waals surface area contributed by atoms with Gasteiger partial charge in [-0.3, -0.25) is 4.79 Å². The molecule has 0 radical (unpaired) electrons. The van der Waals surface area contributed by atoms with E-state index in [1.807, 2.05) is 0 Å². The van der Waals surface area contributed by atoms with E-state index < -0.39 is 16.1 Å². The van der Waals surface area contributed by atoms with Crippen LogP contribution in [0.2, 0.25) is 0 Å². The van der Waals surface area contributed by atoms with E-state index in [2.05, 4.69) is 21.1 Å². The molecule has 0 atom stereocenters. The van der Waals surface area contributed by atoms with Gasteiger partial charge in [-0.15, -0.1) is 0 Å². The SMILES string of the molecule is O=C(NS(=O)(=O)N1CCCC1)c1cnc(Nc2c3c(cc4c2CCC4)CCC3)o1. The molecule has 1 amide bonds. The number of nitrogens with one attached hydrogen (secondary N) is 2. The average Bonchev–Trinajstić information content (AvgIpc) is 3.46. The Bertz CT molecular complexity index is 1040. The number of amides is 1. The second kappa shape index (κ2) is 7.14. The molecule has 2 aromatic rings. The Morgan fingerprint density at radius 2 is 1.66 bits per heavy atom. The van der Waals surface area contributed by atoms with E-state index >= 15 is 0 Å². The summed E-state index contributed by atoms with van der Waals surface area (Å²) in [6.45, 7) is 0.853. The topological polar surface area (TPSA) is 105 Å². The number of oxazole rings is 1. The van der Waals surface area contributed by atoms with Crippen LogP contribution in [0.15, 0.2) is 16.7 Å².